The van der Waals surface area contributed by atoms with Gasteiger partial charge in [0, 0.05) is 35.1 Å². The molecule has 0 spiro atoms. The Morgan fingerprint density at radius 2 is 1.84 bits per heavy atom. The molecule has 2 heterocycles. The average molecular weight is 351 g/mol. The van der Waals surface area contributed by atoms with Crippen molar-refractivity contribution in [3.8, 4) is 11.1 Å². The highest BCUT2D eigenvalue weighted by atomic mass is 35.5. The molecule has 4 rings (SSSR count). The zero-order valence-corrected chi connectivity index (χ0v) is 15.3. The van der Waals surface area contributed by atoms with Gasteiger partial charge in [-0.05, 0) is 67.8 Å². The Morgan fingerprint density at radius 1 is 1.04 bits per heavy atom. The molecule has 1 atom stereocenters. The number of halogens is 1. The standard InChI is InChI=1S/C22H23ClN2/c1-16-3-2-13-25(16)14-12-21-10-6-19-15-18(7-11-22(19)24-21)17-4-8-20(23)9-5-17/h4-11,15-16H,2-3,12-14H2,1H3/t16-/m1/s1. The number of hydrogen-bond donors (Lipinski definition) is 0. The van der Waals surface area contributed by atoms with Crippen LogP contribution in [0.2, 0.25) is 5.02 Å². The lowest BCUT2D eigenvalue weighted by Crippen LogP contribution is -2.29. The fraction of sp³-hybridized carbons (Fsp3) is 0.318. The van der Waals surface area contributed by atoms with Gasteiger partial charge in [-0.15, -0.1) is 0 Å². The number of nitrogens with zero attached hydrogens (tertiary/aromatic N) is 2. The van der Waals surface area contributed by atoms with E-state index in [0.29, 0.717) is 0 Å². The van der Waals surface area contributed by atoms with Crippen LogP contribution in [0.4, 0.5) is 0 Å². The predicted octanol–water partition coefficient (Wildman–Crippen LogP) is 5.58. The quantitative estimate of drug-likeness (QED) is 0.610. The van der Waals surface area contributed by atoms with Gasteiger partial charge in [0.05, 0.1) is 5.52 Å². The minimum absolute atomic E-state index is 0.724. The molecule has 0 saturated carbocycles. The van der Waals surface area contributed by atoms with Gasteiger partial charge in [-0.25, -0.2) is 0 Å². The average Bonchev–Trinajstić information content (AvgIpc) is 3.05. The molecule has 3 aromatic rings. The molecule has 0 unspecified atom stereocenters. The molecule has 1 aromatic heterocycles. The SMILES string of the molecule is C[C@@H]1CCCN1CCc1ccc2cc(-c3ccc(Cl)cc3)ccc2n1. The molecule has 1 saturated heterocycles. The Morgan fingerprint density at radius 3 is 2.60 bits per heavy atom. The highest BCUT2D eigenvalue weighted by Crippen LogP contribution is 2.25. The van der Waals surface area contributed by atoms with Crippen LogP contribution in [-0.4, -0.2) is 29.0 Å². The minimum Gasteiger partial charge on any atom is -0.300 e. The van der Waals surface area contributed by atoms with E-state index in [-0.39, 0.29) is 0 Å². The van der Waals surface area contributed by atoms with Gasteiger partial charge in [0.1, 0.15) is 0 Å². The van der Waals surface area contributed by atoms with Gasteiger partial charge >= 0.3 is 0 Å². The molecule has 128 valence electrons. The molecule has 25 heavy (non-hydrogen) atoms. The van der Waals surface area contributed by atoms with Crippen molar-refractivity contribution in [1.82, 2.24) is 9.88 Å². The van der Waals surface area contributed by atoms with Crippen molar-refractivity contribution in [2.45, 2.75) is 32.2 Å². The summed E-state index contributed by atoms with van der Waals surface area (Å²) < 4.78 is 0. The predicted molar refractivity (Wildman–Crippen MR) is 106 cm³/mol. The molecule has 3 heteroatoms. The topological polar surface area (TPSA) is 16.1 Å². The van der Waals surface area contributed by atoms with E-state index in [0.717, 1.165) is 29.5 Å². The van der Waals surface area contributed by atoms with Crippen LogP contribution in [0.1, 0.15) is 25.5 Å². The van der Waals surface area contributed by atoms with Crippen LogP contribution in [0.5, 0.6) is 0 Å². The number of aromatic nitrogens is 1. The van der Waals surface area contributed by atoms with E-state index in [1.807, 2.05) is 12.1 Å². The summed E-state index contributed by atoms with van der Waals surface area (Å²) in [7, 11) is 0. The molecule has 1 fully saturated rings. The molecule has 0 amide bonds. The van der Waals surface area contributed by atoms with Crippen LogP contribution in [0.25, 0.3) is 22.0 Å². The molecule has 1 aliphatic rings. The van der Waals surface area contributed by atoms with Crippen LogP contribution >= 0.6 is 11.6 Å². The minimum atomic E-state index is 0.724. The summed E-state index contributed by atoms with van der Waals surface area (Å²) in [5.41, 5.74) is 4.64. The number of hydrogen-bond acceptors (Lipinski definition) is 2. The highest BCUT2D eigenvalue weighted by molar-refractivity contribution is 6.30. The first-order valence-corrected chi connectivity index (χ1v) is 9.46. The number of fused-ring (bicyclic) bond motifs is 1. The highest BCUT2D eigenvalue weighted by Gasteiger charge is 2.19. The van der Waals surface area contributed by atoms with Crippen molar-refractivity contribution >= 4 is 22.5 Å². The molecule has 1 aliphatic heterocycles. The lowest BCUT2D eigenvalue weighted by molar-refractivity contribution is 0.271. The lowest BCUT2D eigenvalue weighted by Gasteiger charge is -2.20. The Bertz CT molecular complexity index is 873. The second-order valence-corrected chi connectivity index (χ2v) is 7.43. The summed E-state index contributed by atoms with van der Waals surface area (Å²) in [6.07, 6.45) is 3.69. The number of likely N-dealkylation sites (tertiary alicyclic amines) is 1. The Balaban J connectivity index is 1.53. The normalized spacial score (nSPS) is 18.1. The van der Waals surface area contributed by atoms with E-state index in [1.165, 1.54) is 41.6 Å². The summed E-state index contributed by atoms with van der Waals surface area (Å²) in [5.74, 6) is 0. The second-order valence-electron chi connectivity index (χ2n) is 6.99. The summed E-state index contributed by atoms with van der Waals surface area (Å²) >= 11 is 5.98. The van der Waals surface area contributed by atoms with Crippen molar-refractivity contribution in [2.24, 2.45) is 0 Å². The maximum atomic E-state index is 5.98. The molecule has 0 N–H and O–H groups in total. The fourth-order valence-corrected chi connectivity index (χ4v) is 3.84. The van der Waals surface area contributed by atoms with Crippen molar-refractivity contribution < 1.29 is 0 Å². The van der Waals surface area contributed by atoms with Gasteiger partial charge in [-0.3, -0.25) is 4.98 Å². The van der Waals surface area contributed by atoms with Crippen molar-refractivity contribution in [3.05, 3.63) is 65.3 Å². The van der Waals surface area contributed by atoms with E-state index >= 15 is 0 Å². The molecule has 0 aliphatic carbocycles. The maximum Gasteiger partial charge on any atom is 0.0705 e. The first-order valence-electron chi connectivity index (χ1n) is 9.09. The summed E-state index contributed by atoms with van der Waals surface area (Å²) in [5, 5.41) is 1.95. The molecule has 2 nitrogen and oxygen atoms in total. The van der Waals surface area contributed by atoms with Gasteiger partial charge in [-0.2, -0.15) is 0 Å². The first kappa shape index (κ1) is 16.6. The largest absolute Gasteiger partial charge is 0.300 e. The van der Waals surface area contributed by atoms with E-state index in [2.05, 4.69) is 54.3 Å². The van der Waals surface area contributed by atoms with Crippen LogP contribution in [0.15, 0.2) is 54.6 Å². The molecule has 0 bridgehead atoms. The smallest absolute Gasteiger partial charge is 0.0705 e. The summed E-state index contributed by atoms with van der Waals surface area (Å²) in [6.45, 7) is 4.68. The van der Waals surface area contributed by atoms with Crippen LogP contribution in [0.3, 0.4) is 0 Å². The first-order chi connectivity index (χ1) is 12.2. The zero-order chi connectivity index (χ0) is 17.2. The van der Waals surface area contributed by atoms with Crippen molar-refractivity contribution in [2.75, 3.05) is 13.1 Å². The van der Waals surface area contributed by atoms with E-state index in [9.17, 15) is 0 Å². The van der Waals surface area contributed by atoms with Crippen LogP contribution in [0, 0.1) is 0 Å². The summed E-state index contributed by atoms with van der Waals surface area (Å²) in [4.78, 5) is 7.44. The third-order valence-electron chi connectivity index (χ3n) is 5.27. The Kier molecular flexibility index (Phi) is 4.74. The fourth-order valence-electron chi connectivity index (χ4n) is 3.71. The van der Waals surface area contributed by atoms with E-state index in [1.54, 1.807) is 0 Å². The van der Waals surface area contributed by atoms with Crippen molar-refractivity contribution in [3.63, 3.8) is 0 Å². The monoisotopic (exact) mass is 350 g/mol. The maximum absolute atomic E-state index is 5.98. The van der Waals surface area contributed by atoms with Crippen LogP contribution in [-0.2, 0) is 6.42 Å². The van der Waals surface area contributed by atoms with Gasteiger partial charge < -0.3 is 4.90 Å². The van der Waals surface area contributed by atoms with Gasteiger partial charge in [0.25, 0.3) is 0 Å². The molecule has 2 aromatic carbocycles. The second kappa shape index (κ2) is 7.15. The third-order valence-corrected chi connectivity index (χ3v) is 5.52. The van der Waals surface area contributed by atoms with Gasteiger partial charge in [-0.1, -0.05) is 35.9 Å². The molecule has 0 radical (unpaired) electrons. The molecular weight excluding hydrogens is 328 g/mol. The van der Waals surface area contributed by atoms with E-state index in [4.69, 9.17) is 16.6 Å². The Labute approximate surface area is 154 Å². The van der Waals surface area contributed by atoms with Crippen LogP contribution < -0.4 is 0 Å². The van der Waals surface area contributed by atoms with Gasteiger partial charge in [0.15, 0.2) is 0 Å². The van der Waals surface area contributed by atoms with E-state index < -0.39 is 0 Å². The molecular formula is C22H23ClN2. The van der Waals surface area contributed by atoms with Crippen molar-refractivity contribution in [1.29, 1.82) is 0 Å². The third kappa shape index (κ3) is 3.70. The van der Waals surface area contributed by atoms with Gasteiger partial charge in [0.2, 0.25) is 0 Å². The Hall–Kier alpha value is -1.90. The zero-order valence-electron chi connectivity index (χ0n) is 14.6. The number of rotatable bonds is 4. The lowest BCUT2D eigenvalue weighted by atomic mass is 10.0. The number of benzene rings is 2. The summed E-state index contributed by atoms with van der Waals surface area (Å²) in [6, 6.07) is 19.6. The number of pyridine rings is 1.